The van der Waals surface area contributed by atoms with Crippen LogP contribution in [0.15, 0.2) is 33.6 Å². The van der Waals surface area contributed by atoms with Gasteiger partial charge in [-0.25, -0.2) is 4.79 Å². The Labute approximate surface area is 158 Å². The summed E-state index contributed by atoms with van der Waals surface area (Å²) in [7, 11) is 0. The highest BCUT2D eigenvalue weighted by Crippen LogP contribution is 2.47. The minimum atomic E-state index is -0.552. The quantitative estimate of drug-likeness (QED) is 0.876. The summed E-state index contributed by atoms with van der Waals surface area (Å²) in [5.41, 5.74) is 2.42. The van der Waals surface area contributed by atoms with Crippen LogP contribution >= 0.6 is 0 Å². The molecule has 1 aromatic heterocycles. The lowest BCUT2D eigenvalue weighted by Crippen LogP contribution is -2.31. The lowest BCUT2D eigenvalue weighted by Gasteiger charge is -2.24. The molecule has 1 aromatic carbocycles. The first-order valence-electron chi connectivity index (χ1n) is 9.96. The van der Waals surface area contributed by atoms with Gasteiger partial charge < -0.3 is 4.90 Å². The van der Waals surface area contributed by atoms with Crippen LogP contribution in [0.25, 0.3) is 11.4 Å². The number of benzene rings is 1. The van der Waals surface area contributed by atoms with Crippen molar-refractivity contribution in [3.05, 3.63) is 40.4 Å². The second-order valence-electron chi connectivity index (χ2n) is 8.41. The van der Waals surface area contributed by atoms with Crippen LogP contribution in [0.5, 0.6) is 0 Å². The van der Waals surface area contributed by atoms with E-state index in [-0.39, 0.29) is 0 Å². The van der Waals surface area contributed by atoms with Gasteiger partial charge in [0.25, 0.3) is 0 Å². The van der Waals surface area contributed by atoms with Gasteiger partial charge >= 0.3 is 5.76 Å². The Morgan fingerprint density at radius 1 is 1.33 bits per heavy atom. The Morgan fingerprint density at radius 3 is 2.81 bits per heavy atom. The number of amides is 1. The number of carbonyl (C=O) groups is 1. The van der Waals surface area contributed by atoms with E-state index < -0.39 is 5.76 Å². The van der Waals surface area contributed by atoms with Gasteiger partial charge in [-0.15, -0.1) is 0 Å². The maximum absolute atomic E-state index is 12.6. The van der Waals surface area contributed by atoms with Gasteiger partial charge in [0, 0.05) is 25.1 Å². The van der Waals surface area contributed by atoms with Crippen molar-refractivity contribution in [2.45, 2.75) is 51.9 Å². The number of H-pyrrole nitrogens is 1. The summed E-state index contributed by atoms with van der Waals surface area (Å²) in [4.78, 5) is 28.2. The molecule has 0 bridgehead atoms. The molecule has 1 amide bonds. The van der Waals surface area contributed by atoms with Crippen molar-refractivity contribution in [1.29, 1.82) is 0 Å². The number of rotatable bonds is 5. The fourth-order valence-electron chi connectivity index (χ4n) is 4.80. The number of nitrogens with one attached hydrogen (secondary N) is 1. The molecule has 6 nitrogen and oxygen atoms in total. The predicted octanol–water partition coefficient (Wildman–Crippen LogP) is 3.39. The van der Waals surface area contributed by atoms with Crippen molar-refractivity contribution >= 4 is 5.91 Å². The first-order chi connectivity index (χ1) is 13.0. The number of nitrogens with zero attached hydrogens (tertiary/aromatic N) is 2. The molecule has 27 heavy (non-hydrogen) atoms. The normalized spacial score (nSPS) is 24.8. The lowest BCUT2D eigenvalue weighted by molar-refractivity contribution is -0.130. The van der Waals surface area contributed by atoms with E-state index in [0.717, 1.165) is 37.4 Å². The Balaban J connectivity index is 1.25. The van der Waals surface area contributed by atoms with Gasteiger partial charge in [0.05, 0.1) is 0 Å². The Morgan fingerprint density at radius 2 is 2.15 bits per heavy atom. The maximum Gasteiger partial charge on any atom is 0.439 e. The van der Waals surface area contributed by atoms with Gasteiger partial charge in [0.15, 0.2) is 5.82 Å². The van der Waals surface area contributed by atoms with E-state index in [1.54, 1.807) is 0 Å². The molecule has 144 valence electrons. The molecule has 6 heteroatoms. The van der Waals surface area contributed by atoms with Crippen LogP contribution in [-0.2, 0) is 11.2 Å². The Kier molecular flexibility index (Phi) is 4.89. The van der Waals surface area contributed by atoms with Gasteiger partial charge in [-0.2, -0.15) is 0 Å². The third-order valence-corrected chi connectivity index (χ3v) is 6.26. The molecule has 2 atom stereocenters. The van der Waals surface area contributed by atoms with E-state index in [9.17, 15) is 9.59 Å². The summed E-state index contributed by atoms with van der Waals surface area (Å²) in [6.45, 7) is 4.25. The molecule has 1 spiro atoms. The fraction of sp³-hybridized carbons (Fsp3) is 0.571. The monoisotopic (exact) mass is 369 g/mol. The van der Waals surface area contributed by atoms with Gasteiger partial charge in [-0.3, -0.25) is 14.3 Å². The summed E-state index contributed by atoms with van der Waals surface area (Å²) in [6.07, 6.45) is 7.44. The zero-order chi connectivity index (χ0) is 18.9. The highest BCUT2D eigenvalue weighted by Gasteiger charge is 2.43. The molecule has 0 radical (unpaired) electrons. The van der Waals surface area contributed by atoms with Crippen molar-refractivity contribution in [2.24, 2.45) is 11.3 Å². The molecule has 1 aliphatic heterocycles. The Bertz CT molecular complexity index is 854. The van der Waals surface area contributed by atoms with Crippen molar-refractivity contribution < 1.29 is 9.32 Å². The number of hydrogen-bond donors (Lipinski definition) is 1. The smallest absolute Gasteiger partial charge is 0.342 e. The molecule has 1 N–H and O–H groups in total. The number of aromatic nitrogens is 2. The van der Waals surface area contributed by atoms with E-state index in [2.05, 4.69) is 26.5 Å². The van der Waals surface area contributed by atoms with Gasteiger partial charge in [-0.1, -0.05) is 42.8 Å². The van der Waals surface area contributed by atoms with Gasteiger partial charge in [0.2, 0.25) is 5.91 Å². The number of carbonyl (C=O) groups excluding carboxylic acids is 1. The molecule has 2 unspecified atom stereocenters. The van der Waals surface area contributed by atoms with Gasteiger partial charge in [-0.05, 0) is 49.0 Å². The van der Waals surface area contributed by atoms with Crippen LogP contribution in [0.4, 0.5) is 0 Å². The largest absolute Gasteiger partial charge is 0.439 e. The van der Waals surface area contributed by atoms with Crippen molar-refractivity contribution in [2.75, 3.05) is 13.1 Å². The zero-order valence-corrected chi connectivity index (χ0v) is 15.9. The standard InChI is InChI=1S/C21H27N3O3/c1-15-9-10-21(13-15)11-12-24(14-21)18(25)4-2-3-16-5-7-17(8-6-16)19-22-20(26)27-23-19/h5-8,15H,2-4,9-14H2,1H3,(H,22,23,26). The fourth-order valence-corrected chi connectivity index (χ4v) is 4.80. The molecule has 1 aliphatic carbocycles. The van der Waals surface area contributed by atoms with Crippen LogP contribution in [0.1, 0.15) is 51.0 Å². The first kappa shape index (κ1) is 18.0. The van der Waals surface area contributed by atoms with E-state index in [0.29, 0.717) is 23.6 Å². The third kappa shape index (κ3) is 3.99. The van der Waals surface area contributed by atoms with Crippen LogP contribution in [0, 0.1) is 11.3 Å². The molecule has 1 saturated carbocycles. The third-order valence-electron chi connectivity index (χ3n) is 6.26. The molecule has 2 aromatic rings. The summed E-state index contributed by atoms with van der Waals surface area (Å²) >= 11 is 0. The minimum Gasteiger partial charge on any atom is -0.342 e. The molecule has 1 saturated heterocycles. The first-order valence-corrected chi connectivity index (χ1v) is 9.96. The van der Waals surface area contributed by atoms with Crippen molar-refractivity contribution in [3.8, 4) is 11.4 Å². The van der Waals surface area contributed by atoms with Crippen molar-refractivity contribution in [1.82, 2.24) is 15.0 Å². The SMILES string of the molecule is CC1CCC2(CCN(C(=O)CCCc3ccc(-c4noc(=O)[nH]4)cc3)C2)C1. The molecule has 4 rings (SSSR count). The highest BCUT2D eigenvalue weighted by molar-refractivity contribution is 5.76. The van der Waals surface area contributed by atoms with Crippen LogP contribution < -0.4 is 5.76 Å². The minimum absolute atomic E-state index is 0.309. The second kappa shape index (κ2) is 7.33. The number of aryl methyl sites for hydroxylation is 1. The van der Waals surface area contributed by atoms with E-state index >= 15 is 0 Å². The number of aromatic amines is 1. The van der Waals surface area contributed by atoms with E-state index in [4.69, 9.17) is 0 Å². The maximum atomic E-state index is 12.6. The summed E-state index contributed by atoms with van der Waals surface area (Å²) in [6, 6.07) is 7.85. The molecular formula is C21H27N3O3. The van der Waals surface area contributed by atoms with Crippen LogP contribution in [0.2, 0.25) is 0 Å². The molecular weight excluding hydrogens is 342 g/mol. The average Bonchev–Trinajstić information content (AvgIpc) is 3.37. The van der Waals surface area contributed by atoms with Crippen LogP contribution in [-0.4, -0.2) is 34.0 Å². The summed E-state index contributed by atoms with van der Waals surface area (Å²) < 4.78 is 4.53. The topological polar surface area (TPSA) is 79.2 Å². The number of hydrogen-bond acceptors (Lipinski definition) is 4. The molecule has 2 heterocycles. The second-order valence-corrected chi connectivity index (χ2v) is 8.41. The average molecular weight is 369 g/mol. The molecule has 2 fully saturated rings. The number of likely N-dealkylation sites (tertiary alicyclic amines) is 1. The van der Waals surface area contributed by atoms with Crippen molar-refractivity contribution in [3.63, 3.8) is 0 Å². The molecule has 2 aliphatic rings. The van der Waals surface area contributed by atoms with E-state index in [1.807, 2.05) is 24.3 Å². The lowest BCUT2D eigenvalue weighted by atomic mass is 9.85. The Hall–Kier alpha value is -2.37. The van der Waals surface area contributed by atoms with Crippen LogP contribution in [0.3, 0.4) is 0 Å². The highest BCUT2D eigenvalue weighted by atomic mass is 16.5. The van der Waals surface area contributed by atoms with E-state index in [1.165, 1.54) is 31.2 Å². The summed E-state index contributed by atoms with van der Waals surface area (Å²) in [5, 5.41) is 3.69. The predicted molar refractivity (Wildman–Crippen MR) is 102 cm³/mol. The summed E-state index contributed by atoms with van der Waals surface area (Å²) in [5.74, 6) is 1.01. The van der Waals surface area contributed by atoms with Gasteiger partial charge in [0.1, 0.15) is 0 Å². The zero-order valence-electron chi connectivity index (χ0n) is 15.9.